The average Bonchev–Trinajstić information content (AvgIpc) is 3.33. The second-order valence-corrected chi connectivity index (χ2v) is 10.8. The third-order valence-corrected chi connectivity index (χ3v) is 8.04. The lowest BCUT2D eigenvalue weighted by Gasteiger charge is -2.37. The predicted octanol–water partition coefficient (Wildman–Crippen LogP) is 4.81. The molecule has 2 fully saturated rings. The number of piperidine rings is 1. The van der Waals surface area contributed by atoms with Gasteiger partial charge in [0.05, 0.1) is 11.9 Å². The molecule has 0 atom stereocenters. The van der Waals surface area contributed by atoms with E-state index in [2.05, 4.69) is 55.2 Å². The molecule has 0 unspecified atom stereocenters. The van der Waals surface area contributed by atoms with E-state index in [9.17, 15) is 4.79 Å². The fourth-order valence-corrected chi connectivity index (χ4v) is 5.83. The molecule has 6 rings (SSSR count). The maximum atomic E-state index is 12.4. The number of hydrogen-bond donors (Lipinski definition) is 2. The maximum Gasteiger partial charge on any atom is 0.234 e. The molecule has 39 heavy (non-hydrogen) atoms. The van der Waals surface area contributed by atoms with E-state index in [4.69, 9.17) is 10.5 Å². The van der Waals surface area contributed by atoms with Gasteiger partial charge in [-0.05, 0) is 68.0 Å². The average molecular weight is 525 g/mol. The van der Waals surface area contributed by atoms with E-state index >= 15 is 0 Å². The number of nitrogens with two attached hydrogens (primary N) is 1. The van der Waals surface area contributed by atoms with Gasteiger partial charge in [-0.3, -0.25) is 9.69 Å². The zero-order valence-corrected chi connectivity index (χ0v) is 22.3. The summed E-state index contributed by atoms with van der Waals surface area (Å²) in [4.78, 5) is 23.6. The zero-order valence-electron chi connectivity index (χ0n) is 22.3. The van der Waals surface area contributed by atoms with Crippen molar-refractivity contribution < 1.29 is 9.53 Å². The fourth-order valence-electron chi connectivity index (χ4n) is 5.83. The number of nitrogen functional groups attached to an aromatic ring is 1. The van der Waals surface area contributed by atoms with E-state index in [1.807, 2.05) is 30.3 Å². The highest BCUT2D eigenvalue weighted by atomic mass is 16.5. The second kappa shape index (κ2) is 11.5. The monoisotopic (exact) mass is 524 g/mol. The second-order valence-electron chi connectivity index (χ2n) is 10.8. The number of anilines is 1. The molecule has 1 aliphatic carbocycles. The van der Waals surface area contributed by atoms with Crippen molar-refractivity contribution in [1.82, 2.24) is 24.8 Å². The SMILES string of the molecule is Nc1ncnc2c1c(-c1cccc(OCc3ccccc3)c1)cn2C1CC(CNC(=O)CN2CCCCC2)C1. The predicted molar refractivity (Wildman–Crippen MR) is 153 cm³/mol. The van der Waals surface area contributed by atoms with Crippen LogP contribution in [0.4, 0.5) is 5.82 Å². The Morgan fingerprint density at radius 2 is 1.85 bits per heavy atom. The van der Waals surface area contributed by atoms with Crippen LogP contribution in [0.25, 0.3) is 22.2 Å². The van der Waals surface area contributed by atoms with Crippen LogP contribution in [-0.2, 0) is 11.4 Å². The van der Waals surface area contributed by atoms with E-state index in [1.54, 1.807) is 0 Å². The lowest BCUT2D eigenvalue weighted by atomic mass is 9.80. The highest BCUT2D eigenvalue weighted by Crippen LogP contribution is 2.43. The molecule has 2 aromatic heterocycles. The number of amides is 1. The number of benzene rings is 2. The summed E-state index contributed by atoms with van der Waals surface area (Å²) in [5.74, 6) is 1.89. The zero-order chi connectivity index (χ0) is 26.6. The summed E-state index contributed by atoms with van der Waals surface area (Å²) < 4.78 is 8.33. The van der Waals surface area contributed by atoms with Gasteiger partial charge in [-0.2, -0.15) is 0 Å². The molecule has 8 nitrogen and oxygen atoms in total. The van der Waals surface area contributed by atoms with Gasteiger partial charge in [0.25, 0.3) is 0 Å². The van der Waals surface area contributed by atoms with E-state index in [0.29, 0.717) is 30.9 Å². The van der Waals surface area contributed by atoms with Crippen LogP contribution < -0.4 is 15.8 Å². The molecule has 0 radical (unpaired) electrons. The molecule has 202 valence electrons. The number of carbonyl (C=O) groups excluding carboxylic acids is 1. The Balaban J connectivity index is 1.13. The van der Waals surface area contributed by atoms with Crippen molar-refractivity contribution in [3.8, 4) is 16.9 Å². The summed E-state index contributed by atoms with van der Waals surface area (Å²) in [6.45, 7) is 3.83. The number of nitrogens with one attached hydrogen (secondary N) is 1. The molecule has 0 spiro atoms. The highest BCUT2D eigenvalue weighted by molar-refractivity contribution is 6.00. The van der Waals surface area contributed by atoms with Gasteiger partial charge < -0.3 is 20.4 Å². The van der Waals surface area contributed by atoms with Gasteiger partial charge in [0, 0.05) is 24.3 Å². The quantitative estimate of drug-likeness (QED) is 0.326. The van der Waals surface area contributed by atoms with Gasteiger partial charge in [-0.1, -0.05) is 48.9 Å². The number of likely N-dealkylation sites (tertiary alicyclic amines) is 1. The number of rotatable bonds is 9. The molecule has 1 aliphatic heterocycles. The summed E-state index contributed by atoms with van der Waals surface area (Å²) in [5, 5.41) is 4.03. The van der Waals surface area contributed by atoms with Crippen molar-refractivity contribution in [2.24, 2.45) is 5.92 Å². The van der Waals surface area contributed by atoms with Gasteiger partial charge in [-0.15, -0.1) is 0 Å². The molecule has 2 aliphatic rings. The van der Waals surface area contributed by atoms with Crippen LogP contribution in [0.15, 0.2) is 67.1 Å². The molecule has 8 heteroatoms. The van der Waals surface area contributed by atoms with Crippen molar-refractivity contribution >= 4 is 22.8 Å². The first-order valence-corrected chi connectivity index (χ1v) is 14.0. The molecule has 4 aromatic rings. The van der Waals surface area contributed by atoms with Crippen molar-refractivity contribution in [2.45, 2.75) is 44.8 Å². The molecular weight excluding hydrogens is 488 g/mol. The van der Waals surface area contributed by atoms with Crippen LogP contribution in [-0.4, -0.2) is 51.5 Å². The summed E-state index contributed by atoms with van der Waals surface area (Å²) in [6.07, 6.45) is 9.36. The molecule has 0 bridgehead atoms. The molecular formula is C31H36N6O2. The lowest BCUT2D eigenvalue weighted by molar-refractivity contribution is -0.122. The van der Waals surface area contributed by atoms with Crippen LogP contribution >= 0.6 is 0 Å². The van der Waals surface area contributed by atoms with Gasteiger partial charge >= 0.3 is 0 Å². The fraction of sp³-hybridized carbons (Fsp3) is 0.387. The van der Waals surface area contributed by atoms with Crippen molar-refractivity contribution in [3.63, 3.8) is 0 Å². The number of ether oxygens (including phenoxy) is 1. The number of fused-ring (bicyclic) bond motifs is 1. The van der Waals surface area contributed by atoms with Crippen molar-refractivity contribution in [3.05, 3.63) is 72.7 Å². The minimum atomic E-state index is 0.143. The first kappa shape index (κ1) is 25.4. The van der Waals surface area contributed by atoms with Crippen LogP contribution in [0.2, 0.25) is 0 Å². The standard InChI is InChI=1S/C31H36N6O2/c32-30-29-27(24-10-7-11-26(16-24)39-20-22-8-3-1-4-9-22)18-37(31(29)35-21-34-30)25-14-23(15-25)17-33-28(38)19-36-12-5-2-6-13-36/h1,3-4,7-11,16,18,21,23,25H,2,5-6,12-15,17,19-20H2,(H,33,38)(H2,32,34,35). The number of aromatic nitrogens is 3. The Morgan fingerprint density at radius 3 is 2.67 bits per heavy atom. The molecule has 1 saturated heterocycles. The third-order valence-electron chi connectivity index (χ3n) is 8.04. The first-order chi connectivity index (χ1) is 19.1. The van der Waals surface area contributed by atoms with Gasteiger partial charge in [0.15, 0.2) is 0 Å². The van der Waals surface area contributed by atoms with Gasteiger partial charge in [-0.25, -0.2) is 9.97 Å². The maximum absolute atomic E-state index is 12.4. The van der Waals surface area contributed by atoms with Crippen LogP contribution in [0, 0.1) is 5.92 Å². The van der Waals surface area contributed by atoms with Crippen LogP contribution in [0.5, 0.6) is 5.75 Å². The minimum Gasteiger partial charge on any atom is -0.489 e. The topological polar surface area (TPSA) is 98.3 Å². The van der Waals surface area contributed by atoms with Crippen molar-refractivity contribution in [2.75, 3.05) is 31.9 Å². The first-order valence-electron chi connectivity index (χ1n) is 14.0. The Morgan fingerprint density at radius 1 is 1.03 bits per heavy atom. The smallest absolute Gasteiger partial charge is 0.234 e. The minimum absolute atomic E-state index is 0.143. The Hall–Kier alpha value is -3.91. The molecule has 1 saturated carbocycles. The van der Waals surface area contributed by atoms with E-state index in [-0.39, 0.29) is 5.91 Å². The van der Waals surface area contributed by atoms with Crippen LogP contribution in [0.3, 0.4) is 0 Å². The van der Waals surface area contributed by atoms with E-state index in [0.717, 1.165) is 65.9 Å². The summed E-state index contributed by atoms with van der Waals surface area (Å²) in [5.41, 5.74) is 10.4. The Labute approximate surface area is 229 Å². The number of nitrogens with zero attached hydrogens (tertiary/aromatic N) is 4. The normalized spacial score (nSPS) is 19.5. The molecule has 1 amide bonds. The van der Waals surface area contributed by atoms with Gasteiger partial charge in [0.2, 0.25) is 5.91 Å². The summed E-state index contributed by atoms with van der Waals surface area (Å²) in [6, 6.07) is 18.6. The number of carbonyl (C=O) groups is 1. The largest absolute Gasteiger partial charge is 0.489 e. The van der Waals surface area contributed by atoms with E-state index in [1.165, 1.54) is 25.6 Å². The summed E-state index contributed by atoms with van der Waals surface area (Å²) in [7, 11) is 0. The number of hydrogen-bond acceptors (Lipinski definition) is 6. The van der Waals surface area contributed by atoms with E-state index < -0.39 is 0 Å². The summed E-state index contributed by atoms with van der Waals surface area (Å²) >= 11 is 0. The Bertz CT molecular complexity index is 1420. The van der Waals surface area contributed by atoms with Gasteiger partial charge in [0.1, 0.15) is 30.1 Å². The van der Waals surface area contributed by atoms with Crippen molar-refractivity contribution in [1.29, 1.82) is 0 Å². The Kier molecular flexibility index (Phi) is 7.45. The van der Waals surface area contributed by atoms with Crippen LogP contribution in [0.1, 0.15) is 43.7 Å². The lowest BCUT2D eigenvalue weighted by Crippen LogP contribution is -2.43. The highest BCUT2D eigenvalue weighted by Gasteiger charge is 2.33. The molecule has 2 aromatic carbocycles. The third kappa shape index (κ3) is 5.76. The molecule has 3 N–H and O–H groups in total. The molecule has 3 heterocycles.